The van der Waals surface area contributed by atoms with Crippen LogP contribution >= 0.6 is 11.3 Å². The Morgan fingerprint density at radius 3 is 1.56 bits per heavy atom. The Hall–Kier alpha value is -8.18. The van der Waals surface area contributed by atoms with Gasteiger partial charge in [0.25, 0.3) is 0 Å². The fraction of sp³-hybridized carbons (Fsp3) is 0. The first kappa shape index (κ1) is 36.5. The van der Waals surface area contributed by atoms with Crippen molar-refractivity contribution in [3.05, 3.63) is 237 Å². The van der Waals surface area contributed by atoms with Gasteiger partial charge >= 0.3 is 0 Å². The molecule has 0 saturated carbocycles. The Labute approximate surface area is 374 Å². The molecule has 0 radical (unpaired) electrons. The fourth-order valence-corrected chi connectivity index (χ4v) is 11.1. The number of hydrogen-bond acceptors (Lipinski definition) is 2. The van der Waals surface area contributed by atoms with Crippen LogP contribution in [0.25, 0.3) is 97.4 Å². The molecule has 0 spiro atoms. The van der Waals surface area contributed by atoms with E-state index < -0.39 is 0 Å². The van der Waals surface area contributed by atoms with Crippen molar-refractivity contribution in [1.82, 2.24) is 9.13 Å². The molecule has 13 aromatic rings. The zero-order valence-electron chi connectivity index (χ0n) is 34.8. The normalized spacial score (nSPS) is 11.8. The molecule has 64 heavy (non-hydrogen) atoms. The van der Waals surface area contributed by atoms with E-state index >= 15 is 0 Å². The summed E-state index contributed by atoms with van der Waals surface area (Å²) in [6.07, 6.45) is 0. The number of anilines is 3. The molecule has 10 aromatic carbocycles. The average molecular weight is 834 g/mol. The lowest BCUT2D eigenvalue weighted by Gasteiger charge is -2.27. The van der Waals surface area contributed by atoms with Gasteiger partial charge in [0, 0.05) is 75.7 Å². The summed E-state index contributed by atoms with van der Waals surface area (Å²) in [5.41, 5.74) is 14.9. The number of fused-ring (bicyclic) bond motifs is 9. The van der Waals surface area contributed by atoms with Gasteiger partial charge in [0.2, 0.25) is 0 Å². The quantitative estimate of drug-likeness (QED) is 0.156. The predicted molar refractivity (Wildman–Crippen MR) is 274 cm³/mol. The van der Waals surface area contributed by atoms with Crippen LogP contribution in [0, 0.1) is 0 Å². The third kappa shape index (κ3) is 5.81. The number of aromatic nitrogens is 2. The number of hydrogen-bond donors (Lipinski definition) is 0. The van der Waals surface area contributed by atoms with E-state index in [0.29, 0.717) is 0 Å². The minimum atomic E-state index is 1.07. The molecular weight excluding hydrogens is 795 g/mol. The molecule has 0 aliphatic carbocycles. The summed E-state index contributed by atoms with van der Waals surface area (Å²) in [5.74, 6) is 0. The second-order valence-electron chi connectivity index (χ2n) is 16.5. The Morgan fingerprint density at radius 1 is 0.297 bits per heavy atom. The molecule has 4 heteroatoms. The lowest BCUT2D eigenvalue weighted by atomic mass is 9.99. The lowest BCUT2D eigenvalue weighted by Crippen LogP contribution is -2.11. The molecule has 0 bridgehead atoms. The van der Waals surface area contributed by atoms with E-state index in [1.807, 2.05) is 11.3 Å². The molecule has 0 fully saturated rings. The Bertz CT molecular complexity index is 3840. The van der Waals surface area contributed by atoms with Crippen molar-refractivity contribution in [2.45, 2.75) is 0 Å². The van der Waals surface area contributed by atoms with Gasteiger partial charge in [0.05, 0.1) is 22.1 Å². The highest BCUT2D eigenvalue weighted by Gasteiger charge is 2.22. The maximum atomic E-state index is 2.46. The van der Waals surface area contributed by atoms with Crippen molar-refractivity contribution >= 4 is 92.2 Å². The van der Waals surface area contributed by atoms with Gasteiger partial charge in [-0.2, -0.15) is 0 Å². The highest BCUT2D eigenvalue weighted by atomic mass is 32.1. The number of thiophene rings is 1. The lowest BCUT2D eigenvalue weighted by molar-refractivity contribution is 1.17. The van der Waals surface area contributed by atoms with Crippen molar-refractivity contribution in [3.63, 3.8) is 0 Å². The van der Waals surface area contributed by atoms with Gasteiger partial charge in [0.1, 0.15) is 0 Å². The molecule has 3 nitrogen and oxygen atoms in total. The summed E-state index contributed by atoms with van der Waals surface area (Å²) in [5, 5.41) is 7.48. The van der Waals surface area contributed by atoms with E-state index in [2.05, 4.69) is 251 Å². The Kier molecular flexibility index (Phi) is 8.40. The van der Waals surface area contributed by atoms with Crippen LogP contribution in [0.3, 0.4) is 0 Å². The highest BCUT2D eigenvalue weighted by molar-refractivity contribution is 7.25. The first-order valence-electron chi connectivity index (χ1n) is 21.8. The molecule has 0 unspecified atom stereocenters. The van der Waals surface area contributed by atoms with Gasteiger partial charge in [-0.3, -0.25) is 0 Å². The van der Waals surface area contributed by atoms with Gasteiger partial charge < -0.3 is 14.0 Å². The number of benzene rings is 10. The van der Waals surface area contributed by atoms with Crippen LogP contribution in [0.1, 0.15) is 0 Å². The van der Waals surface area contributed by atoms with Crippen LogP contribution in [0.15, 0.2) is 237 Å². The smallest absolute Gasteiger partial charge is 0.0619 e. The zero-order chi connectivity index (χ0) is 42.1. The maximum Gasteiger partial charge on any atom is 0.0619 e. The number of para-hydroxylation sites is 5. The van der Waals surface area contributed by atoms with E-state index in [1.54, 1.807) is 0 Å². The molecule has 3 heterocycles. The molecule has 0 saturated heterocycles. The van der Waals surface area contributed by atoms with Crippen molar-refractivity contribution in [1.29, 1.82) is 0 Å². The molecule has 0 amide bonds. The van der Waals surface area contributed by atoms with Crippen molar-refractivity contribution < 1.29 is 0 Å². The van der Waals surface area contributed by atoms with Crippen LogP contribution < -0.4 is 4.90 Å². The maximum absolute atomic E-state index is 2.46. The van der Waals surface area contributed by atoms with Crippen LogP contribution in [0.2, 0.25) is 0 Å². The minimum Gasteiger partial charge on any atom is -0.310 e. The third-order valence-corrected chi connectivity index (χ3v) is 14.0. The number of rotatable bonds is 7. The molecule has 0 N–H and O–H groups in total. The molecule has 0 aliphatic heterocycles. The van der Waals surface area contributed by atoms with E-state index in [1.165, 1.54) is 80.5 Å². The molecular formula is C60H39N3S. The largest absolute Gasteiger partial charge is 0.310 e. The topological polar surface area (TPSA) is 13.1 Å². The predicted octanol–water partition coefficient (Wildman–Crippen LogP) is 17.1. The summed E-state index contributed by atoms with van der Waals surface area (Å²) < 4.78 is 7.48. The summed E-state index contributed by atoms with van der Waals surface area (Å²) in [7, 11) is 0. The van der Waals surface area contributed by atoms with E-state index in [9.17, 15) is 0 Å². The first-order chi connectivity index (χ1) is 31.7. The fourth-order valence-electron chi connectivity index (χ4n) is 10.0. The van der Waals surface area contributed by atoms with E-state index in [-0.39, 0.29) is 0 Å². The van der Waals surface area contributed by atoms with E-state index in [4.69, 9.17) is 0 Å². The molecule has 0 atom stereocenters. The third-order valence-electron chi connectivity index (χ3n) is 12.9. The van der Waals surface area contributed by atoms with Crippen molar-refractivity contribution in [2.75, 3.05) is 4.90 Å². The molecule has 0 aliphatic rings. The summed E-state index contributed by atoms with van der Waals surface area (Å²) in [6.45, 7) is 0. The van der Waals surface area contributed by atoms with E-state index in [0.717, 1.165) is 34.0 Å². The Morgan fingerprint density at radius 2 is 0.844 bits per heavy atom. The van der Waals surface area contributed by atoms with Crippen LogP contribution in [-0.4, -0.2) is 9.13 Å². The Balaban J connectivity index is 1.13. The monoisotopic (exact) mass is 833 g/mol. The van der Waals surface area contributed by atoms with Gasteiger partial charge in [0.15, 0.2) is 0 Å². The van der Waals surface area contributed by atoms with Gasteiger partial charge in [-0.15, -0.1) is 11.3 Å². The number of nitrogens with zero attached hydrogens (tertiary/aromatic N) is 3. The second-order valence-corrected chi connectivity index (χ2v) is 17.6. The first-order valence-corrected chi connectivity index (χ1v) is 22.7. The van der Waals surface area contributed by atoms with Gasteiger partial charge in [-0.1, -0.05) is 152 Å². The molecule has 13 rings (SSSR count). The summed E-state index contributed by atoms with van der Waals surface area (Å²) in [6, 6.07) is 86.7. The molecule has 3 aromatic heterocycles. The van der Waals surface area contributed by atoms with Crippen molar-refractivity contribution in [2.24, 2.45) is 0 Å². The highest BCUT2D eigenvalue weighted by Crippen LogP contribution is 2.45. The average Bonchev–Trinajstić information content (AvgIpc) is 4.03. The SMILES string of the molecule is c1ccc(-c2ccc(N(c3cc(-c4cccc5c6ccccc6n(-c6ccccc6)c45)cc(-n4c5ccccc5c5ccccc54)c3)c3ccc4sc5ccccc5c4c3)cc2)cc1. The van der Waals surface area contributed by atoms with Crippen LogP contribution in [0.5, 0.6) is 0 Å². The molecule has 300 valence electrons. The second kappa shape index (κ2) is 14.7. The minimum absolute atomic E-state index is 1.07. The van der Waals surface area contributed by atoms with Crippen LogP contribution in [0.4, 0.5) is 17.1 Å². The summed E-state index contributed by atoms with van der Waals surface area (Å²) >= 11 is 1.85. The zero-order valence-corrected chi connectivity index (χ0v) is 35.6. The standard InChI is InChI=1S/C60H39N3S/c1-3-16-40(17-4-1)41-30-32-44(33-31-41)61(45-34-35-59-54(39-45)52-23-10-14-29-58(52)64-59)46-36-42(37-47(38-46)62-55-26-11-7-20-49(55)50-21-8-12-27-56(50)62)48-24-15-25-53-51-22-9-13-28-57(51)63(60(48)53)43-18-5-2-6-19-43/h1-39H. The summed E-state index contributed by atoms with van der Waals surface area (Å²) in [4.78, 5) is 2.45. The van der Waals surface area contributed by atoms with Gasteiger partial charge in [-0.05, 0) is 102 Å². The van der Waals surface area contributed by atoms with Gasteiger partial charge in [-0.25, -0.2) is 0 Å². The van der Waals surface area contributed by atoms with Crippen LogP contribution in [-0.2, 0) is 0 Å². The van der Waals surface area contributed by atoms with Crippen molar-refractivity contribution in [3.8, 4) is 33.6 Å².